The van der Waals surface area contributed by atoms with Crippen LogP contribution < -0.4 is 0 Å². The Morgan fingerprint density at radius 1 is 0.120 bits per heavy atom. The van der Waals surface area contributed by atoms with Gasteiger partial charge in [-0.3, -0.25) is 0 Å². The molecule has 0 aromatic heterocycles. The van der Waals surface area contributed by atoms with Crippen molar-refractivity contribution in [3.8, 4) is 167 Å². The first-order chi connectivity index (χ1) is 61.8. The van der Waals surface area contributed by atoms with Gasteiger partial charge in [-0.15, -0.1) is 0 Å². The minimum atomic E-state index is -0.126. The SMILES string of the molecule is CC1(C)c2ccccc2-c2ccc(-c3cc(-c4cc(-c5ccccc5)ccc4-c4ccccc4)c4ccc5ccc(-c6cc(-c7ccccc7)ccc6-c6ccccc6)c6ccc3c4c56)cc21.c1ccc(-c2ccc(-c3ccccc3)c(-c3ccc4ccc5c(-c6cc(-c7ccccc7)ccc6-c6ccccc6)cc(-c6ccccc6)c6ccc3c4c65)c2)cc1. The lowest BCUT2D eigenvalue weighted by molar-refractivity contribution is 0.660. The van der Waals surface area contributed by atoms with E-state index < -0.39 is 0 Å². The van der Waals surface area contributed by atoms with Crippen molar-refractivity contribution in [1.82, 2.24) is 0 Å². The zero-order valence-corrected chi connectivity index (χ0v) is 69.5. The Morgan fingerprint density at radius 2 is 0.352 bits per heavy atom. The van der Waals surface area contributed by atoms with Crippen molar-refractivity contribution < 1.29 is 0 Å². The van der Waals surface area contributed by atoms with Gasteiger partial charge in [-0.2, -0.15) is 0 Å². The van der Waals surface area contributed by atoms with Gasteiger partial charge in [0.15, 0.2) is 0 Å². The van der Waals surface area contributed by atoms with Crippen molar-refractivity contribution in [2.24, 2.45) is 0 Å². The van der Waals surface area contributed by atoms with Gasteiger partial charge >= 0.3 is 0 Å². The van der Waals surface area contributed by atoms with E-state index in [-0.39, 0.29) is 5.41 Å². The van der Waals surface area contributed by atoms with Crippen molar-refractivity contribution in [3.63, 3.8) is 0 Å². The highest BCUT2D eigenvalue weighted by Gasteiger charge is 2.36. The van der Waals surface area contributed by atoms with Crippen LogP contribution in [0.5, 0.6) is 0 Å². The summed E-state index contributed by atoms with van der Waals surface area (Å²) in [6, 6.07) is 175. The van der Waals surface area contributed by atoms with Gasteiger partial charge in [0, 0.05) is 5.41 Å². The zero-order chi connectivity index (χ0) is 83.1. The number of fused-ring (bicyclic) bond motifs is 3. The summed E-state index contributed by atoms with van der Waals surface area (Å²) >= 11 is 0. The predicted molar refractivity (Wildman–Crippen MR) is 534 cm³/mol. The summed E-state index contributed by atoms with van der Waals surface area (Å²) in [7, 11) is 0. The molecule has 0 aliphatic heterocycles. The summed E-state index contributed by atoms with van der Waals surface area (Å²) in [5.74, 6) is 0. The van der Waals surface area contributed by atoms with E-state index in [1.54, 1.807) is 0 Å². The van der Waals surface area contributed by atoms with E-state index in [0.717, 1.165) is 0 Å². The Kier molecular flexibility index (Phi) is 18.4. The van der Waals surface area contributed by atoms with Crippen LogP contribution in [0.2, 0.25) is 0 Å². The molecule has 1 aliphatic carbocycles. The van der Waals surface area contributed by atoms with Gasteiger partial charge in [0.1, 0.15) is 0 Å². The highest BCUT2D eigenvalue weighted by molar-refractivity contribution is 6.32. The molecule has 1 aliphatic rings. The highest BCUT2D eigenvalue weighted by Crippen LogP contribution is 2.55. The maximum absolute atomic E-state index is 2.51. The molecule has 0 spiro atoms. The van der Waals surface area contributed by atoms with E-state index in [9.17, 15) is 0 Å². The van der Waals surface area contributed by atoms with Crippen LogP contribution in [0.3, 0.4) is 0 Å². The van der Waals surface area contributed by atoms with Crippen molar-refractivity contribution in [2.45, 2.75) is 19.3 Å². The van der Waals surface area contributed by atoms with Gasteiger partial charge in [-0.05, 0) is 285 Å². The average Bonchev–Trinajstić information content (AvgIpc) is 0.981. The van der Waals surface area contributed by atoms with E-state index in [0.29, 0.717) is 0 Å². The summed E-state index contributed by atoms with van der Waals surface area (Å²) in [6.45, 7) is 4.77. The lowest BCUT2D eigenvalue weighted by atomic mass is 9.79. The first-order valence-electron chi connectivity index (χ1n) is 43.6. The fraction of sp³-hybridized carbons (Fsp3) is 0.0240. The van der Waals surface area contributed by atoms with Crippen molar-refractivity contribution in [2.75, 3.05) is 0 Å². The highest BCUT2D eigenvalue weighted by atomic mass is 14.4. The Balaban J connectivity index is 0.000000146. The van der Waals surface area contributed by atoms with Gasteiger partial charge in [-0.1, -0.05) is 445 Å². The monoisotopic (exact) mass is 1580 g/mol. The standard InChI is InChI=1S/C67H46.C58H38/c1-67(2)63-26-16-15-25-54(63)55-35-31-50(41-64(55)67)59-42-62(61-40-49(44-19-9-4-10-20-44)30-33-52(61)46-23-13-6-14-24-46)58-36-28-47-27-34-53(56-37-38-57(59)66(58)65(47)56)60-39-48(43-17-7-3-8-18-43)29-32-51(60)45-21-11-5-12-22-45;1-6-16-39(17-7-1)45-28-30-47(41-20-10-3-11-21-41)54(36-45)49-32-26-44-27-33-52-56(38-53(43-24-14-5-15-25-43)51-35-34-50(49)57(44)58(51)52)55-37-46(40-18-8-2-9-19-40)29-31-48(55)42-22-12-4-13-23-42/h3-42H,1-2H3;1-38H. The van der Waals surface area contributed by atoms with Gasteiger partial charge in [0.25, 0.3) is 0 Å². The Bertz CT molecular complexity index is 8010. The van der Waals surface area contributed by atoms with Crippen LogP contribution >= 0.6 is 0 Å². The Labute approximate surface area is 729 Å². The first-order valence-corrected chi connectivity index (χ1v) is 43.6. The first kappa shape index (κ1) is 74.2. The van der Waals surface area contributed by atoms with E-state index >= 15 is 0 Å². The minimum absolute atomic E-state index is 0.126. The normalized spacial score (nSPS) is 12.1. The van der Waals surface area contributed by atoms with Crippen LogP contribution in [0.1, 0.15) is 25.0 Å². The van der Waals surface area contributed by atoms with E-state index in [1.165, 1.54) is 243 Å². The van der Waals surface area contributed by atoms with Crippen LogP contribution in [0.15, 0.2) is 473 Å². The summed E-state index contributed by atoms with van der Waals surface area (Å²) in [5, 5.41) is 15.3. The van der Waals surface area contributed by atoms with Crippen molar-refractivity contribution >= 4 is 64.6 Å². The largest absolute Gasteiger partial charge is 0.0622 e. The Morgan fingerprint density at radius 3 is 0.696 bits per heavy atom. The minimum Gasteiger partial charge on any atom is -0.0622 e. The maximum Gasteiger partial charge on any atom is 0.0159 e. The molecule has 0 amide bonds. The van der Waals surface area contributed by atoms with Gasteiger partial charge < -0.3 is 0 Å². The molecule has 0 unspecified atom stereocenters. The molecule has 0 nitrogen and oxygen atoms in total. The van der Waals surface area contributed by atoms with Crippen molar-refractivity contribution in [3.05, 3.63) is 484 Å². The smallest absolute Gasteiger partial charge is 0.0159 e. The van der Waals surface area contributed by atoms with Crippen LogP contribution in [0.25, 0.3) is 232 Å². The fourth-order valence-electron chi connectivity index (χ4n) is 20.5. The molecule has 0 saturated heterocycles. The second-order valence-corrected chi connectivity index (χ2v) is 33.9. The second-order valence-electron chi connectivity index (χ2n) is 33.9. The average molecular weight is 1590 g/mol. The molecule has 23 aromatic carbocycles. The molecule has 24 rings (SSSR count). The molecule has 23 aromatic rings. The van der Waals surface area contributed by atoms with Crippen molar-refractivity contribution in [1.29, 1.82) is 0 Å². The van der Waals surface area contributed by atoms with Crippen LogP contribution in [-0.4, -0.2) is 0 Å². The zero-order valence-electron chi connectivity index (χ0n) is 69.5. The van der Waals surface area contributed by atoms with Crippen LogP contribution in [-0.2, 0) is 5.41 Å². The fourth-order valence-corrected chi connectivity index (χ4v) is 20.5. The molecule has 0 heteroatoms. The second kappa shape index (κ2) is 31.0. The van der Waals surface area contributed by atoms with E-state index in [1.807, 2.05) is 0 Å². The number of hydrogen-bond donors (Lipinski definition) is 0. The molecule has 0 heterocycles. The third-order valence-corrected chi connectivity index (χ3v) is 26.5. The molecule has 584 valence electrons. The van der Waals surface area contributed by atoms with Crippen LogP contribution in [0, 0.1) is 0 Å². The molecular formula is C125H84. The molecule has 125 heavy (non-hydrogen) atoms. The van der Waals surface area contributed by atoms with Gasteiger partial charge in [0.05, 0.1) is 0 Å². The van der Waals surface area contributed by atoms with Gasteiger partial charge in [-0.25, -0.2) is 0 Å². The third-order valence-electron chi connectivity index (χ3n) is 26.5. The summed E-state index contributed by atoms with van der Waals surface area (Å²) in [6.07, 6.45) is 0. The lowest BCUT2D eigenvalue weighted by Gasteiger charge is -2.24. The molecule has 0 N–H and O–H groups in total. The summed E-state index contributed by atoms with van der Waals surface area (Å²) < 4.78 is 0. The number of rotatable bonds is 14. The quantitative estimate of drug-likeness (QED) is 0.0952. The molecule has 0 atom stereocenters. The molecular weight excluding hydrogens is 1500 g/mol. The van der Waals surface area contributed by atoms with Crippen LogP contribution in [0.4, 0.5) is 0 Å². The third kappa shape index (κ3) is 13.0. The summed E-state index contributed by atoms with van der Waals surface area (Å²) in [4.78, 5) is 0. The van der Waals surface area contributed by atoms with E-state index in [2.05, 4.69) is 487 Å². The maximum atomic E-state index is 2.51. The number of benzene rings is 23. The molecule has 0 radical (unpaired) electrons. The molecule has 0 bridgehead atoms. The topological polar surface area (TPSA) is 0 Å². The molecule has 0 saturated carbocycles. The van der Waals surface area contributed by atoms with Gasteiger partial charge in [0.2, 0.25) is 0 Å². The summed E-state index contributed by atoms with van der Waals surface area (Å²) in [5.41, 5.74) is 39.5. The number of hydrogen-bond acceptors (Lipinski definition) is 0. The Hall–Kier alpha value is -15.9. The lowest BCUT2D eigenvalue weighted by Crippen LogP contribution is -2.14. The predicted octanol–water partition coefficient (Wildman–Crippen LogP) is 34.8. The molecule has 0 fully saturated rings. The van der Waals surface area contributed by atoms with E-state index in [4.69, 9.17) is 0 Å².